The van der Waals surface area contributed by atoms with Crippen molar-refractivity contribution in [3.63, 3.8) is 0 Å². The van der Waals surface area contributed by atoms with E-state index in [0.717, 1.165) is 52.6 Å². The lowest BCUT2D eigenvalue weighted by Gasteiger charge is -2.43. The molecule has 5 aliphatic carbocycles. The van der Waals surface area contributed by atoms with Crippen molar-refractivity contribution >= 4 is 28.6 Å². The Balaban J connectivity index is 1.39. The molecular weight excluding hydrogens is 296 g/mol. The third-order valence-corrected chi connectivity index (χ3v) is 10.2. The third-order valence-electron chi connectivity index (χ3n) is 7.96. The van der Waals surface area contributed by atoms with E-state index in [9.17, 15) is 4.79 Å². The smallest absolute Gasteiger partial charge is 0.186 e. The first-order valence-electron chi connectivity index (χ1n) is 8.87. The zero-order valence-corrected chi connectivity index (χ0v) is 14.7. The summed E-state index contributed by atoms with van der Waals surface area (Å²) in [6.45, 7) is 1.76. The summed E-state index contributed by atoms with van der Waals surface area (Å²) in [6, 6.07) is 0. The molecule has 0 amide bonds. The van der Waals surface area contributed by atoms with Crippen LogP contribution >= 0.6 is 23.5 Å². The van der Waals surface area contributed by atoms with Gasteiger partial charge >= 0.3 is 0 Å². The van der Waals surface area contributed by atoms with Crippen molar-refractivity contribution in [1.82, 2.24) is 0 Å². The molecule has 0 aliphatic heterocycles. The molecule has 116 valence electrons. The second kappa shape index (κ2) is 4.69. The second-order valence-corrected chi connectivity index (χ2v) is 11.0. The predicted molar refractivity (Wildman–Crippen MR) is 90.4 cm³/mol. The normalized spacial score (nSPS) is 59.5. The van der Waals surface area contributed by atoms with Crippen LogP contribution in [0.15, 0.2) is 0 Å². The molecule has 0 saturated heterocycles. The number of carbonyl (C=O) groups excluding carboxylic acids is 1. The SMILES string of the molecule is CSC1CC2CC1C1C3CC(C4CC(SC(C)=O)CC43)C21. The maximum Gasteiger partial charge on any atom is 0.186 e. The Kier molecular flexibility index (Phi) is 3.08. The zero-order chi connectivity index (χ0) is 14.3. The van der Waals surface area contributed by atoms with Gasteiger partial charge in [-0.05, 0) is 85.7 Å². The molecule has 10 unspecified atom stereocenters. The first-order chi connectivity index (χ1) is 10.2. The third kappa shape index (κ3) is 1.77. The fourth-order valence-corrected chi connectivity index (χ4v) is 10.0. The Hall–Kier alpha value is 0.370. The van der Waals surface area contributed by atoms with Crippen LogP contribution in [-0.2, 0) is 4.79 Å². The van der Waals surface area contributed by atoms with E-state index >= 15 is 0 Å². The van der Waals surface area contributed by atoms with E-state index in [1.54, 1.807) is 31.5 Å². The van der Waals surface area contributed by atoms with Gasteiger partial charge in [0, 0.05) is 17.4 Å². The largest absolute Gasteiger partial charge is 0.288 e. The van der Waals surface area contributed by atoms with Gasteiger partial charge in [0.25, 0.3) is 0 Å². The molecule has 3 heteroatoms. The first-order valence-corrected chi connectivity index (χ1v) is 11.0. The van der Waals surface area contributed by atoms with Gasteiger partial charge in [-0.15, -0.1) is 0 Å². The number of fused-ring (bicyclic) bond motifs is 12. The van der Waals surface area contributed by atoms with Gasteiger partial charge in [-0.3, -0.25) is 4.79 Å². The summed E-state index contributed by atoms with van der Waals surface area (Å²) < 4.78 is 0. The summed E-state index contributed by atoms with van der Waals surface area (Å²) >= 11 is 3.82. The maximum absolute atomic E-state index is 11.5. The van der Waals surface area contributed by atoms with Gasteiger partial charge in [-0.1, -0.05) is 11.8 Å². The van der Waals surface area contributed by atoms with Crippen molar-refractivity contribution in [1.29, 1.82) is 0 Å². The van der Waals surface area contributed by atoms with E-state index in [1.165, 1.54) is 19.3 Å². The highest BCUT2D eigenvalue weighted by atomic mass is 32.2. The Morgan fingerprint density at radius 2 is 1.57 bits per heavy atom. The highest BCUT2D eigenvalue weighted by molar-refractivity contribution is 8.14. The first kappa shape index (κ1) is 13.8. The average Bonchev–Trinajstić information content (AvgIpc) is 3.18. The van der Waals surface area contributed by atoms with Crippen LogP contribution in [0.3, 0.4) is 0 Å². The van der Waals surface area contributed by atoms with Crippen LogP contribution < -0.4 is 0 Å². The molecule has 0 aromatic carbocycles. The van der Waals surface area contributed by atoms with E-state index < -0.39 is 0 Å². The van der Waals surface area contributed by atoms with Crippen molar-refractivity contribution in [2.75, 3.05) is 6.26 Å². The fourth-order valence-electron chi connectivity index (χ4n) is 7.82. The summed E-state index contributed by atoms with van der Waals surface area (Å²) in [5.74, 6) is 8.43. The van der Waals surface area contributed by atoms with Gasteiger partial charge in [-0.2, -0.15) is 11.8 Å². The zero-order valence-electron chi connectivity index (χ0n) is 13.0. The predicted octanol–water partition coefficient (Wildman–Crippen LogP) is 4.31. The van der Waals surface area contributed by atoms with E-state index in [0.29, 0.717) is 10.4 Å². The summed E-state index contributed by atoms with van der Waals surface area (Å²) in [6.07, 6.45) is 9.73. The lowest BCUT2D eigenvalue weighted by Crippen LogP contribution is -2.39. The molecule has 0 radical (unpaired) electrons. The molecule has 1 nitrogen and oxygen atoms in total. The fraction of sp³-hybridized carbons (Fsp3) is 0.944. The molecule has 21 heavy (non-hydrogen) atoms. The molecular formula is C18H26OS2. The van der Waals surface area contributed by atoms with Gasteiger partial charge in [0.1, 0.15) is 0 Å². The minimum absolute atomic E-state index is 0.343. The Labute approximate surface area is 136 Å². The van der Waals surface area contributed by atoms with Crippen LogP contribution in [0.2, 0.25) is 0 Å². The van der Waals surface area contributed by atoms with Crippen molar-refractivity contribution in [3.8, 4) is 0 Å². The molecule has 0 aromatic rings. The standard InChI is InChI=1S/C18H26OS2/c1-8(19)21-10-5-11-12(6-10)14-7-13(11)17-9-3-15(18(14)17)16(4-9)20-2/h9-18H,3-7H2,1-2H3. The lowest BCUT2D eigenvalue weighted by molar-refractivity contribution is -0.109. The number of thioether (sulfide) groups is 2. The monoisotopic (exact) mass is 322 g/mol. The van der Waals surface area contributed by atoms with Crippen LogP contribution in [0.5, 0.6) is 0 Å². The highest BCUT2D eigenvalue weighted by Gasteiger charge is 2.68. The molecule has 5 saturated carbocycles. The Morgan fingerprint density at radius 1 is 0.857 bits per heavy atom. The minimum atomic E-state index is 0.343. The van der Waals surface area contributed by atoms with E-state index in [4.69, 9.17) is 0 Å². The molecule has 0 heterocycles. The quantitative estimate of drug-likeness (QED) is 0.705. The van der Waals surface area contributed by atoms with E-state index in [1.807, 2.05) is 0 Å². The summed E-state index contributed by atoms with van der Waals surface area (Å²) in [5, 5.41) is 1.99. The van der Waals surface area contributed by atoms with E-state index in [2.05, 4.69) is 18.0 Å². The van der Waals surface area contributed by atoms with Gasteiger partial charge < -0.3 is 0 Å². The summed E-state index contributed by atoms with van der Waals surface area (Å²) in [5.41, 5.74) is 0. The number of hydrogen-bond acceptors (Lipinski definition) is 3. The molecule has 5 rings (SSSR count). The average molecular weight is 323 g/mol. The number of hydrogen-bond donors (Lipinski definition) is 0. The highest BCUT2D eigenvalue weighted by Crippen LogP contribution is 2.74. The minimum Gasteiger partial charge on any atom is -0.288 e. The number of carbonyl (C=O) groups is 1. The number of rotatable bonds is 2. The molecule has 5 aliphatic rings. The lowest BCUT2D eigenvalue weighted by atomic mass is 9.64. The molecule has 0 N–H and O–H groups in total. The van der Waals surface area contributed by atoms with Crippen LogP contribution in [0, 0.1) is 47.3 Å². The molecule has 4 bridgehead atoms. The van der Waals surface area contributed by atoms with Gasteiger partial charge in [-0.25, -0.2) is 0 Å². The van der Waals surface area contributed by atoms with Gasteiger partial charge in [0.2, 0.25) is 0 Å². The Bertz CT molecular complexity index is 478. The summed E-state index contributed by atoms with van der Waals surface area (Å²) in [4.78, 5) is 11.5. The van der Waals surface area contributed by atoms with Gasteiger partial charge in [0.15, 0.2) is 5.12 Å². The summed E-state index contributed by atoms with van der Waals surface area (Å²) in [7, 11) is 0. The molecule has 5 fully saturated rings. The van der Waals surface area contributed by atoms with Crippen molar-refractivity contribution in [2.24, 2.45) is 47.3 Å². The van der Waals surface area contributed by atoms with Gasteiger partial charge in [0.05, 0.1) is 0 Å². The van der Waals surface area contributed by atoms with Crippen LogP contribution in [-0.4, -0.2) is 21.9 Å². The van der Waals surface area contributed by atoms with Crippen molar-refractivity contribution in [3.05, 3.63) is 0 Å². The Morgan fingerprint density at radius 3 is 2.24 bits per heavy atom. The second-order valence-electron chi connectivity index (χ2n) is 8.42. The topological polar surface area (TPSA) is 17.1 Å². The van der Waals surface area contributed by atoms with E-state index in [-0.39, 0.29) is 0 Å². The van der Waals surface area contributed by atoms with Crippen molar-refractivity contribution in [2.45, 2.75) is 49.5 Å². The molecule has 0 aromatic heterocycles. The molecule has 0 spiro atoms. The molecule has 10 atom stereocenters. The maximum atomic E-state index is 11.5. The van der Waals surface area contributed by atoms with Crippen LogP contribution in [0.4, 0.5) is 0 Å². The van der Waals surface area contributed by atoms with Crippen molar-refractivity contribution < 1.29 is 4.79 Å². The van der Waals surface area contributed by atoms with Crippen LogP contribution in [0.25, 0.3) is 0 Å². The van der Waals surface area contributed by atoms with Crippen LogP contribution in [0.1, 0.15) is 39.0 Å².